The van der Waals surface area contributed by atoms with Crippen molar-refractivity contribution in [2.24, 2.45) is 0 Å². The van der Waals surface area contributed by atoms with E-state index in [1.54, 1.807) is 23.0 Å². The quantitative estimate of drug-likeness (QED) is 0.562. The SMILES string of the molecule is CSc1ccc(CN(C)C(=O)CSc2nncn2-c2ccc(C)cc2)cc1. The third-order valence-electron chi connectivity index (χ3n) is 4.16. The highest BCUT2D eigenvalue weighted by Gasteiger charge is 2.13. The van der Waals surface area contributed by atoms with E-state index < -0.39 is 0 Å². The molecule has 3 aromatic rings. The molecule has 0 aliphatic carbocycles. The molecule has 1 amide bonds. The van der Waals surface area contributed by atoms with Gasteiger partial charge in [0, 0.05) is 24.2 Å². The maximum absolute atomic E-state index is 12.5. The summed E-state index contributed by atoms with van der Waals surface area (Å²) in [5.41, 5.74) is 3.31. The molecule has 0 saturated carbocycles. The number of rotatable bonds is 7. The molecule has 0 saturated heterocycles. The Labute approximate surface area is 168 Å². The van der Waals surface area contributed by atoms with Gasteiger partial charge in [-0.05, 0) is 43.0 Å². The number of aryl methyl sites for hydroxylation is 1. The first-order chi connectivity index (χ1) is 13.1. The van der Waals surface area contributed by atoms with Crippen LogP contribution in [-0.2, 0) is 11.3 Å². The van der Waals surface area contributed by atoms with E-state index in [9.17, 15) is 4.79 Å². The minimum Gasteiger partial charge on any atom is -0.341 e. The van der Waals surface area contributed by atoms with E-state index in [1.807, 2.05) is 35.9 Å². The van der Waals surface area contributed by atoms with Crippen molar-refractivity contribution in [3.8, 4) is 5.69 Å². The lowest BCUT2D eigenvalue weighted by Gasteiger charge is -2.17. The number of benzene rings is 2. The lowest BCUT2D eigenvalue weighted by atomic mass is 10.2. The molecule has 7 heteroatoms. The topological polar surface area (TPSA) is 51.0 Å². The summed E-state index contributed by atoms with van der Waals surface area (Å²) in [7, 11) is 1.83. The van der Waals surface area contributed by atoms with Crippen LogP contribution >= 0.6 is 23.5 Å². The van der Waals surface area contributed by atoms with Gasteiger partial charge in [-0.1, -0.05) is 41.6 Å². The summed E-state index contributed by atoms with van der Waals surface area (Å²) >= 11 is 3.11. The van der Waals surface area contributed by atoms with Crippen molar-refractivity contribution in [1.29, 1.82) is 0 Å². The van der Waals surface area contributed by atoms with E-state index in [1.165, 1.54) is 22.2 Å². The molecular weight excluding hydrogens is 376 g/mol. The standard InChI is InChI=1S/C20H22N4OS2/c1-15-4-8-17(9-5-15)24-14-21-22-20(24)27-13-19(25)23(2)12-16-6-10-18(26-3)11-7-16/h4-11,14H,12-13H2,1-3H3. The van der Waals surface area contributed by atoms with Gasteiger partial charge in [-0.15, -0.1) is 22.0 Å². The number of nitrogens with zero attached hydrogens (tertiary/aromatic N) is 4. The summed E-state index contributed by atoms with van der Waals surface area (Å²) in [6, 6.07) is 16.4. The molecule has 0 fully saturated rings. The molecule has 0 unspecified atom stereocenters. The van der Waals surface area contributed by atoms with Crippen LogP contribution in [0.5, 0.6) is 0 Å². The van der Waals surface area contributed by atoms with Crippen molar-refractivity contribution in [2.75, 3.05) is 19.1 Å². The number of thioether (sulfide) groups is 2. The monoisotopic (exact) mass is 398 g/mol. The molecule has 0 radical (unpaired) electrons. The zero-order valence-corrected chi connectivity index (χ0v) is 17.3. The maximum Gasteiger partial charge on any atom is 0.233 e. The minimum absolute atomic E-state index is 0.0624. The largest absolute Gasteiger partial charge is 0.341 e. The molecule has 0 bridgehead atoms. The van der Waals surface area contributed by atoms with E-state index in [0.717, 1.165) is 11.3 Å². The fourth-order valence-corrected chi connectivity index (χ4v) is 3.81. The molecule has 3 rings (SSSR count). The first kappa shape index (κ1) is 19.5. The second kappa shape index (κ2) is 9.10. The first-order valence-electron chi connectivity index (χ1n) is 8.53. The van der Waals surface area contributed by atoms with Crippen molar-refractivity contribution in [2.45, 2.75) is 23.5 Å². The predicted molar refractivity (Wildman–Crippen MR) is 112 cm³/mol. The van der Waals surface area contributed by atoms with Crippen molar-refractivity contribution >= 4 is 29.4 Å². The molecule has 1 aromatic heterocycles. The normalized spacial score (nSPS) is 10.8. The van der Waals surface area contributed by atoms with Crippen molar-refractivity contribution in [1.82, 2.24) is 19.7 Å². The summed E-state index contributed by atoms with van der Waals surface area (Å²) < 4.78 is 1.90. The van der Waals surface area contributed by atoms with Gasteiger partial charge in [0.05, 0.1) is 5.75 Å². The summed E-state index contributed by atoms with van der Waals surface area (Å²) in [5, 5.41) is 8.86. The van der Waals surface area contributed by atoms with Gasteiger partial charge in [0.2, 0.25) is 5.91 Å². The van der Waals surface area contributed by atoms with Crippen molar-refractivity contribution in [3.05, 3.63) is 66.0 Å². The number of carbonyl (C=O) groups excluding carboxylic acids is 1. The van der Waals surface area contributed by atoms with Crippen LogP contribution in [0.2, 0.25) is 0 Å². The Hall–Kier alpha value is -2.25. The van der Waals surface area contributed by atoms with E-state index in [-0.39, 0.29) is 5.91 Å². The van der Waals surface area contributed by atoms with Gasteiger partial charge in [0.15, 0.2) is 5.16 Å². The number of hydrogen-bond donors (Lipinski definition) is 0. The fraction of sp³-hybridized carbons (Fsp3) is 0.250. The van der Waals surface area contributed by atoms with Gasteiger partial charge < -0.3 is 4.90 Å². The third kappa shape index (κ3) is 5.14. The molecule has 140 valence electrons. The molecule has 2 aromatic carbocycles. The average molecular weight is 399 g/mol. The van der Waals surface area contributed by atoms with Crippen molar-refractivity contribution in [3.63, 3.8) is 0 Å². The van der Waals surface area contributed by atoms with Crippen LogP contribution in [0.25, 0.3) is 5.69 Å². The third-order valence-corrected chi connectivity index (χ3v) is 5.83. The molecule has 1 heterocycles. The number of hydrogen-bond acceptors (Lipinski definition) is 5. The van der Waals surface area contributed by atoms with Crippen LogP contribution in [0.3, 0.4) is 0 Å². The smallest absolute Gasteiger partial charge is 0.233 e. The molecule has 0 N–H and O–H groups in total. The summed E-state index contributed by atoms with van der Waals surface area (Å²) in [5.74, 6) is 0.386. The molecular formula is C20H22N4OS2. The highest BCUT2D eigenvalue weighted by Crippen LogP contribution is 2.21. The Bertz CT molecular complexity index is 891. The maximum atomic E-state index is 12.5. The Morgan fingerprint density at radius 3 is 2.48 bits per heavy atom. The van der Waals surface area contributed by atoms with Gasteiger partial charge in [-0.25, -0.2) is 0 Å². The first-order valence-corrected chi connectivity index (χ1v) is 10.7. The lowest BCUT2D eigenvalue weighted by molar-refractivity contribution is -0.127. The highest BCUT2D eigenvalue weighted by molar-refractivity contribution is 7.99. The van der Waals surface area contributed by atoms with E-state index in [0.29, 0.717) is 17.5 Å². The Kier molecular flexibility index (Phi) is 6.58. The van der Waals surface area contributed by atoms with Crippen LogP contribution in [-0.4, -0.2) is 44.6 Å². The van der Waals surface area contributed by atoms with Crippen LogP contribution in [0.15, 0.2) is 64.9 Å². The van der Waals surface area contributed by atoms with Gasteiger partial charge >= 0.3 is 0 Å². The number of amides is 1. The van der Waals surface area contributed by atoms with E-state index >= 15 is 0 Å². The Morgan fingerprint density at radius 2 is 1.81 bits per heavy atom. The molecule has 27 heavy (non-hydrogen) atoms. The molecule has 5 nitrogen and oxygen atoms in total. The van der Waals surface area contributed by atoms with Crippen LogP contribution < -0.4 is 0 Å². The molecule has 0 atom stereocenters. The lowest BCUT2D eigenvalue weighted by Crippen LogP contribution is -2.27. The zero-order valence-electron chi connectivity index (χ0n) is 15.6. The van der Waals surface area contributed by atoms with E-state index in [4.69, 9.17) is 0 Å². The fourth-order valence-electron chi connectivity index (χ4n) is 2.53. The van der Waals surface area contributed by atoms with Gasteiger partial charge in [-0.2, -0.15) is 0 Å². The Morgan fingerprint density at radius 1 is 1.11 bits per heavy atom. The molecule has 0 aliphatic heterocycles. The summed E-state index contributed by atoms with van der Waals surface area (Å²) in [6.07, 6.45) is 3.73. The Balaban J connectivity index is 1.59. The van der Waals surface area contributed by atoms with Gasteiger partial charge in [0.25, 0.3) is 0 Å². The average Bonchev–Trinajstić information content (AvgIpc) is 3.15. The number of carbonyl (C=O) groups is 1. The second-order valence-corrected chi connectivity index (χ2v) is 8.03. The predicted octanol–water partition coefficient (Wildman–Crippen LogP) is 4.05. The van der Waals surface area contributed by atoms with Crippen LogP contribution in [0.1, 0.15) is 11.1 Å². The summed E-state index contributed by atoms with van der Waals surface area (Å²) in [4.78, 5) is 15.5. The number of aromatic nitrogens is 3. The highest BCUT2D eigenvalue weighted by atomic mass is 32.2. The van der Waals surface area contributed by atoms with Crippen LogP contribution in [0.4, 0.5) is 0 Å². The summed E-state index contributed by atoms with van der Waals surface area (Å²) in [6.45, 7) is 2.65. The van der Waals surface area contributed by atoms with Gasteiger partial charge in [-0.3, -0.25) is 9.36 Å². The molecule has 0 spiro atoms. The zero-order chi connectivity index (χ0) is 19.2. The van der Waals surface area contributed by atoms with E-state index in [2.05, 4.69) is 47.6 Å². The molecule has 0 aliphatic rings. The minimum atomic E-state index is 0.0624. The second-order valence-electron chi connectivity index (χ2n) is 6.21. The van der Waals surface area contributed by atoms with Crippen molar-refractivity contribution < 1.29 is 4.79 Å². The van der Waals surface area contributed by atoms with Crippen LogP contribution in [0, 0.1) is 6.92 Å². The van der Waals surface area contributed by atoms with Gasteiger partial charge in [0.1, 0.15) is 6.33 Å².